The SMILES string of the molecule is CN(C(=O)c1c(F)cccc1Cl)c1ccc(-c2cc(C(=O)NCC(O)CO)ncc2Cl)cc1N1CC2C3C2C31. The summed E-state index contributed by atoms with van der Waals surface area (Å²) in [5, 5.41) is 21.4. The Balaban J connectivity index is 1.36. The molecule has 2 saturated carbocycles. The zero-order valence-electron chi connectivity index (χ0n) is 20.8. The van der Waals surface area contributed by atoms with Crippen molar-refractivity contribution in [1.29, 1.82) is 0 Å². The van der Waals surface area contributed by atoms with Gasteiger partial charge in [0, 0.05) is 37.9 Å². The van der Waals surface area contributed by atoms with E-state index < -0.39 is 30.3 Å². The molecule has 4 aliphatic rings. The van der Waals surface area contributed by atoms with Crippen molar-refractivity contribution in [3.8, 4) is 11.1 Å². The van der Waals surface area contributed by atoms with Gasteiger partial charge in [-0.05, 0) is 53.6 Å². The van der Waals surface area contributed by atoms with E-state index in [-0.39, 0.29) is 22.8 Å². The Morgan fingerprint density at radius 1 is 1.21 bits per heavy atom. The third kappa shape index (κ3) is 4.43. The van der Waals surface area contributed by atoms with E-state index in [2.05, 4.69) is 15.2 Å². The van der Waals surface area contributed by atoms with Crippen molar-refractivity contribution in [1.82, 2.24) is 10.3 Å². The number of benzene rings is 2. The number of carbonyl (C=O) groups is 2. The molecule has 2 aliphatic heterocycles. The van der Waals surface area contributed by atoms with Crippen molar-refractivity contribution in [2.45, 2.75) is 12.1 Å². The second-order valence-electron chi connectivity index (χ2n) is 10.2. The van der Waals surface area contributed by atoms with Crippen LogP contribution < -0.4 is 15.1 Å². The van der Waals surface area contributed by atoms with Crippen LogP contribution in [0, 0.1) is 23.6 Å². The number of hydrogen-bond donors (Lipinski definition) is 3. The van der Waals surface area contributed by atoms with Crippen molar-refractivity contribution in [2.24, 2.45) is 17.8 Å². The van der Waals surface area contributed by atoms with Crippen LogP contribution in [-0.4, -0.2) is 65.9 Å². The number of rotatable bonds is 8. The van der Waals surface area contributed by atoms with Gasteiger partial charge in [-0.2, -0.15) is 0 Å². The molecule has 2 saturated heterocycles. The predicted octanol–water partition coefficient (Wildman–Crippen LogP) is 3.62. The first-order chi connectivity index (χ1) is 18.7. The van der Waals surface area contributed by atoms with Crippen molar-refractivity contribution in [3.63, 3.8) is 0 Å². The molecule has 1 aromatic heterocycles. The van der Waals surface area contributed by atoms with Crippen LogP contribution in [0.5, 0.6) is 0 Å². The number of aromatic nitrogens is 1. The van der Waals surface area contributed by atoms with Crippen LogP contribution in [0.25, 0.3) is 11.1 Å². The third-order valence-electron chi connectivity index (χ3n) is 7.94. The van der Waals surface area contributed by atoms with Gasteiger partial charge in [0.05, 0.1) is 39.7 Å². The van der Waals surface area contributed by atoms with E-state index >= 15 is 0 Å². The van der Waals surface area contributed by atoms with Crippen LogP contribution in [0.4, 0.5) is 15.8 Å². The lowest BCUT2D eigenvalue weighted by molar-refractivity contribution is 0.0798. The van der Waals surface area contributed by atoms with Gasteiger partial charge in [0.25, 0.3) is 11.8 Å². The molecule has 3 aromatic rings. The number of carbonyl (C=O) groups excluding carboxylic acids is 2. The molecule has 7 rings (SSSR count). The highest BCUT2D eigenvalue weighted by molar-refractivity contribution is 6.34. The molecular weight excluding hydrogens is 546 g/mol. The summed E-state index contributed by atoms with van der Waals surface area (Å²) < 4.78 is 14.6. The lowest BCUT2D eigenvalue weighted by atomic mass is 10.0. The van der Waals surface area contributed by atoms with Gasteiger partial charge < -0.3 is 25.3 Å². The molecule has 2 aromatic carbocycles. The lowest BCUT2D eigenvalue weighted by Crippen LogP contribution is -2.34. The topological polar surface area (TPSA) is 106 Å². The molecular formula is C28H25Cl2FN4O4. The minimum absolute atomic E-state index is 0.0405. The fraction of sp³-hybridized carbons (Fsp3) is 0.321. The summed E-state index contributed by atoms with van der Waals surface area (Å²) in [7, 11) is 1.60. The lowest BCUT2D eigenvalue weighted by Gasteiger charge is -2.28. The molecule has 0 radical (unpaired) electrons. The Morgan fingerprint density at radius 2 is 1.97 bits per heavy atom. The van der Waals surface area contributed by atoms with Crippen molar-refractivity contribution in [3.05, 3.63) is 75.8 Å². The van der Waals surface area contributed by atoms with E-state index in [1.165, 1.54) is 29.3 Å². The van der Waals surface area contributed by atoms with E-state index in [9.17, 15) is 19.1 Å². The molecule has 2 amide bonds. The largest absolute Gasteiger partial charge is 0.394 e. The van der Waals surface area contributed by atoms with Gasteiger partial charge in [0.1, 0.15) is 11.5 Å². The third-order valence-corrected chi connectivity index (χ3v) is 8.56. The summed E-state index contributed by atoms with van der Waals surface area (Å²) in [6, 6.07) is 11.6. The Kier molecular flexibility index (Phi) is 6.50. The second kappa shape index (κ2) is 9.75. The molecule has 11 heteroatoms. The molecule has 0 spiro atoms. The Morgan fingerprint density at radius 3 is 2.64 bits per heavy atom. The highest BCUT2D eigenvalue weighted by Gasteiger charge is 2.80. The first-order valence-electron chi connectivity index (χ1n) is 12.6. The Hall–Kier alpha value is -3.24. The molecule has 3 heterocycles. The summed E-state index contributed by atoms with van der Waals surface area (Å²) in [5.41, 5.74) is 2.62. The highest BCUT2D eigenvalue weighted by Crippen LogP contribution is 2.76. The predicted molar refractivity (Wildman–Crippen MR) is 146 cm³/mol. The van der Waals surface area contributed by atoms with Crippen molar-refractivity contribution < 1.29 is 24.2 Å². The number of nitrogens with zero attached hydrogens (tertiary/aromatic N) is 3. The zero-order chi connectivity index (χ0) is 27.6. The van der Waals surface area contributed by atoms with Crippen LogP contribution in [0.3, 0.4) is 0 Å². The number of fused-ring (bicyclic) bond motifs is 1. The summed E-state index contributed by atoms with van der Waals surface area (Å²) in [5.74, 6) is 0.286. The van der Waals surface area contributed by atoms with E-state index in [4.69, 9.17) is 28.3 Å². The van der Waals surface area contributed by atoms with Crippen molar-refractivity contribution >= 4 is 46.4 Å². The molecule has 3 N–H and O–H groups in total. The number of pyridine rings is 1. The highest BCUT2D eigenvalue weighted by atomic mass is 35.5. The Bertz CT molecular complexity index is 1470. The van der Waals surface area contributed by atoms with Gasteiger partial charge in [0.15, 0.2) is 0 Å². The number of piperidine rings is 1. The number of aliphatic hydroxyl groups excluding tert-OH is 2. The maximum absolute atomic E-state index is 14.6. The molecule has 2 aliphatic carbocycles. The van der Waals surface area contributed by atoms with Crippen LogP contribution in [-0.2, 0) is 0 Å². The van der Waals surface area contributed by atoms with E-state index in [0.717, 1.165) is 17.8 Å². The molecule has 3 unspecified atom stereocenters. The summed E-state index contributed by atoms with van der Waals surface area (Å²) in [6.07, 6.45) is 0.304. The monoisotopic (exact) mass is 570 g/mol. The van der Waals surface area contributed by atoms with Gasteiger partial charge in [-0.15, -0.1) is 0 Å². The quantitative estimate of drug-likeness (QED) is 0.382. The minimum atomic E-state index is -1.08. The average Bonchev–Trinajstić information content (AvgIpc) is 3.75. The average molecular weight is 571 g/mol. The summed E-state index contributed by atoms with van der Waals surface area (Å²) in [4.78, 5) is 33.8. The van der Waals surface area contributed by atoms with E-state index in [0.29, 0.717) is 40.1 Å². The number of amides is 2. The Labute approximate surface area is 234 Å². The van der Waals surface area contributed by atoms with Crippen molar-refractivity contribution in [2.75, 3.05) is 36.5 Å². The molecule has 2 bridgehead atoms. The molecule has 8 nitrogen and oxygen atoms in total. The standard InChI is InChI=1S/C28H25Cl2FN4O4/c1-34(28(39)25-17(29)3-2-4-19(25)31)21-6-5-13(7-22(21)35-11-16-23-24(16)26(23)35)15-8-20(32-10-18(15)30)27(38)33-9-14(37)12-36/h2-8,10,14,16,23-24,26,36-37H,9,11-12H2,1H3,(H,33,38). The van der Waals surface area contributed by atoms with Crippen LogP contribution in [0.1, 0.15) is 20.8 Å². The van der Waals surface area contributed by atoms with E-state index in [1.54, 1.807) is 25.2 Å². The molecule has 3 atom stereocenters. The molecule has 4 fully saturated rings. The fourth-order valence-corrected chi connectivity index (χ4v) is 6.19. The van der Waals surface area contributed by atoms with Crippen LogP contribution in [0.15, 0.2) is 48.7 Å². The first kappa shape index (κ1) is 26.0. The zero-order valence-corrected chi connectivity index (χ0v) is 22.3. The van der Waals surface area contributed by atoms with Gasteiger partial charge in [-0.1, -0.05) is 35.3 Å². The molecule has 202 valence electrons. The fourth-order valence-electron chi connectivity index (χ4n) is 5.73. The number of halogens is 3. The smallest absolute Gasteiger partial charge is 0.269 e. The number of aliphatic hydroxyl groups is 2. The number of hydrogen-bond acceptors (Lipinski definition) is 6. The summed E-state index contributed by atoms with van der Waals surface area (Å²) >= 11 is 12.7. The van der Waals surface area contributed by atoms with Crippen LogP contribution >= 0.6 is 23.2 Å². The van der Waals surface area contributed by atoms with E-state index in [1.807, 2.05) is 6.07 Å². The van der Waals surface area contributed by atoms with Gasteiger partial charge in [0.2, 0.25) is 0 Å². The summed E-state index contributed by atoms with van der Waals surface area (Å²) in [6.45, 7) is 0.277. The maximum atomic E-state index is 14.6. The first-order valence-corrected chi connectivity index (χ1v) is 13.3. The minimum Gasteiger partial charge on any atom is -0.394 e. The van der Waals surface area contributed by atoms with Gasteiger partial charge in [-0.3, -0.25) is 9.59 Å². The maximum Gasteiger partial charge on any atom is 0.269 e. The number of nitrogens with one attached hydrogen (secondary N) is 1. The van der Waals surface area contributed by atoms with Crippen LogP contribution in [0.2, 0.25) is 10.0 Å². The van der Waals surface area contributed by atoms with Gasteiger partial charge >= 0.3 is 0 Å². The van der Waals surface area contributed by atoms with Gasteiger partial charge in [-0.25, -0.2) is 9.37 Å². The number of anilines is 2. The second-order valence-corrected chi connectivity index (χ2v) is 11.0. The molecule has 39 heavy (non-hydrogen) atoms. The normalized spacial score (nSPS) is 22.8.